The lowest BCUT2D eigenvalue weighted by Gasteiger charge is -2.26. The largest absolute Gasteiger partial charge is 0.494 e. The lowest BCUT2D eigenvalue weighted by Crippen LogP contribution is -2.54. The van der Waals surface area contributed by atoms with Crippen LogP contribution in [0.3, 0.4) is 0 Å². The number of anilines is 2. The molecule has 1 fully saturated rings. The number of benzene rings is 3. The van der Waals surface area contributed by atoms with E-state index in [2.05, 4.69) is 10.6 Å². The Hall–Kier alpha value is -4.10. The fourth-order valence-corrected chi connectivity index (χ4v) is 4.77. The van der Waals surface area contributed by atoms with Crippen molar-refractivity contribution in [3.63, 3.8) is 0 Å². The van der Waals surface area contributed by atoms with Crippen LogP contribution in [0, 0.1) is 3.57 Å². The van der Waals surface area contributed by atoms with E-state index in [1.165, 1.54) is 6.08 Å². The Labute approximate surface area is 254 Å². The summed E-state index contributed by atoms with van der Waals surface area (Å²) >= 11 is 7.90. The maximum absolute atomic E-state index is 13.3. The van der Waals surface area contributed by atoms with Crippen molar-refractivity contribution >= 4 is 75.4 Å². The Morgan fingerprint density at radius 1 is 0.976 bits per heavy atom. The highest BCUT2D eigenvalue weighted by molar-refractivity contribution is 14.1. The van der Waals surface area contributed by atoms with Gasteiger partial charge < -0.3 is 19.5 Å². The van der Waals surface area contributed by atoms with E-state index in [1.807, 2.05) is 29.5 Å². The van der Waals surface area contributed by atoms with Crippen LogP contribution in [0.2, 0.25) is 5.02 Å². The monoisotopic (exact) mass is 689 g/mol. The van der Waals surface area contributed by atoms with Gasteiger partial charge in [0.15, 0.2) is 18.1 Å². The molecule has 1 saturated heterocycles. The smallest absolute Gasteiger partial charge is 0.335 e. The van der Waals surface area contributed by atoms with Crippen molar-refractivity contribution in [2.45, 2.75) is 13.8 Å². The molecule has 0 atom stereocenters. The molecule has 3 aromatic rings. The third-order valence-corrected chi connectivity index (χ3v) is 6.68. The van der Waals surface area contributed by atoms with Gasteiger partial charge in [-0.1, -0.05) is 11.6 Å². The second kappa shape index (κ2) is 13.5. The summed E-state index contributed by atoms with van der Waals surface area (Å²) in [6, 6.07) is 15.4. The summed E-state index contributed by atoms with van der Waals surface area (Å²) in [5, 5.41) is 5.48. The van der Waals surface area contributed by atoms with E-state index in [0.29, 0.717) is 50.3 Å². The summed E-state index contributed by atoms with van der Waals surface area (Å²) < 4.78 is 17.5. The number of barbiturate groups is 1. The maximum Gasteiger partial charge on any atom is 0.335 e. The van der Waals surface area contributed by atoms with E-state index in [4.69, 9.17) is 25.8 Å². The van der Waals surface area contributed by atoms with Crippen LogP contribution >= 0.6 is 34.2 Å². The second-order valence-electron chi connectivity index (χ2n) is 8.49. The van der Waals surface area contributed by atoms with Crippen LogP contribution in [0.5, 0.6) is 17.2 Å². The molecule has 2 N–H and O–H groups in total. The van der Waals surface area contributed by atoms with Crippen molar-refractivity contribution in [3.8, 4) is 17.2 Å². The molecule has 0 aliphatic carbocycles. The Balaban J connectivity index is 1.56. The summed E-state index contributed by atoms with van der Waals surface area (Å²) in [5.74, 6) is -0.777. The number of rotatable bonds is 10. The Morgan fingerprint density at radius 2 is 1.66 bits per heavy atom. The lowest BCUT2D eigenvalue weighted by molar-refractivity contribution is -0.122. The zero-order valence-electron chi connectivity index (χ0n) is 22.0. The number of urea groups is 1. The number of nitrogens with one attached hydrogen (secondary N) is 2. The van der Waals surface area contributed by atoms with Gasteiger partial charge in [-0.25, -0.2) is 9.69 Å². The summed E-state index contributed by atoms with van der Waals surface area (Å²) in [6.45, 7) is 4.09. The summed E-state index contributed by atoms with van der Waals surface area (Å²) in [5.41, 5.74) is 1.06. The molecule has 0 spiro atoms. The lowest BCUT2D eigenvalue weighted by atomic mass is 10.1. The van der Waals surface area contributed by atoms with E-state index in [9.17, 15) is 19.2 Å². The fraction of sp³-hybridized carbons (Fsp3) is 0.172. The number of amides is 5. The minimum absolute atomic E-state index is 0.243. The van der Waals surface area contributed by atoms with Gasteiger partial charge in [-0.15, -0.1) is 0 Å². The predicted octanol–water partition coefficient (Wildman–Crippen LogP) is 5.43. The van der Waals surface area contributed by atoms with E-state index in [-0.39, 0.29) is 23.8 Å². The van der Waals surface area contributed by atoms with Crippen LogP contribution in [0.4, 0.5) is 16.2 Å². The first-order chi connectivity index (χ1) is 19.7. The van der Waals surface area contributed by atoms with Gasteiger partial charge in [-0.3, -0.25) is 19.7 Å². The van der Waals surface area contributed by atoms with Crippen molar-refractivity contribution in [3.05, 3.63) is 80.4 Å². The third-order valence-electron chi connectivity index (χ3n) is 5.63. The van der Waals surface area contributed by atoms with Crippen molar-refractivity contribution in [2.24, 2.45) is 0 Å². The number of nitrogens with zero attached hydrogens (tertiary/aromatic N) is 1. The molecule has 3 aromatic carbocycles. The van der Waals surface area contributed by atoms with Gasteiger partial charge in [0.1, 0.15) is 11.3 Å². The van der Waals surface area contributed by atoms with E-state index in [1.54, 1.807) is 67.6 Å². The molecule has 0 radical (unpaired) electrons. The van der Waals surface area contributed by atoms with Crippen LogP contribution in [0.15, 0.2) is 66.2 Å². The van der Waals surface area contributed by atoms with Gasteiger partial charge >= 0.3 is 6.03 Å². The summed E-state index contributed by atoms with van der Waals surface area (Å²) in [6.07, 6.45) is 1.37. The Kier molecular flexibility index (Phi) is 9.84. The number of ether oxygens (including phenoxy) is 3. The standard InChI is InChI=1S/C29H25ClIN3O7/c1-3-39-21-11-9-20(10-12-21)34-28(37)22(27(36)33-29(34)38)13-17-14-23(31)26(24(15-17)40-4-2)41-16-25(35)32-19-7-5-18(30)6-8-19/h5-15H,3-4,16H2,1-2H3,(H,32,35)(H,33,36,38)/b22-13+. The van der Waals surface area contributed by atoms with Crippen LogP contribution in [0.1, 0.15) is 19.4 Å². The molecule has 5 amide bonds. The zero-order valence-corrected chi connectivity index (χ0v) is 24.9. The second-order valence-corrected chi connectivity index (χ2v) is 10.1. The minimum Gasteiger partial charge on any atom is -0.494 e. The first-order valence-electron chi connectivity index (χ1n) is 12.5. The van der Waals surface area contributed by atoms with E-state index in [0.717, 1.165) is 4.90 Å². The van der Waals surface area contributed by atoms with Crippen LogP contribution in [-0.2, 0) is 14.4 Å². The van der Waals surface area contributed by atoms with Crippen molar-refractivity contribution in [1.82, 2.24) is 5.32 Å². The molecule has 41 heavy (non-hydrogen) atoms. The Morgan fingerprint density at radius 3 is 2.32 bits per heavy atom. The highest BCUT2D eigenvalue weighted by Gasteiger charge is 2.37. The first kappa shape index (κ1) is 29.9. The zero-order chi connectivity index (χ0) is 29.5. The number of imide groups is 2. The average Bonchev–Trinajstić information content (AvgIpc) is 2.93. The molecule has 1 aliphatic rings. The third kappa shape index (κ3) is 7.35. The molecule has 12 heteroatoms. The number of halogens is 2. The molecular formula is C29H25ClIN3O7. The highest BCUT2D eigenvalue weighted by Crippen LogP contribution is 2.35. The van der Waals surface area contributed by atoms with Gasteiger partial charge in [0, 0.05) is 10.7 Å². The first-order valence-corrected chi connectivity index (χ1v) is 13.9. The number of hydrogen-bond donors (Lipinski definition) is 2. The minimum atomic E-state index is -0.855. The number of hydrogen-bond acceptors (Lipinski definition) is 7. The quantitative estimate of drug-likeness (QED) is 0.166. The predicted molar refractivity (Wildman–Crippen MR) is 163 cm³/mol. The SMILES string of the molecule is CCOc1ccc(N2C(=O)NC(=O)/C(=C\c3cc(I)c(OCC(=O)Nc4ccc(Cl)cc4)c(OCC)c3)C2=O)cc1. The van der Waals surface area contributed by atoms with Gasteiger partial charge in [0.05, 0.1) is 22.5 Å². The van der Waals surface area contributed by atoms with Gasteiger partial charge in [-0.05, 0) is 109 Å². The molecule has 4 rings (SSSR count). The topological polar surface area (TPSA) is 123 Å². The summed E-state index contributed by atoms with van der Waals surface area (Å²) in [4.78, 5) is 51.8. The molecule has 1 aliphatic heterocycles. The van der Waals surface area contributed by atoms with Crippen LogP contribution < -0.4 is 29.7 Å². The number of carbonyl (C=O) groups is 4. The maximum atomic E-state index is 13.3. The molecular weight excluding hydrogens is 665 g/mol. The van der Waals surface area contributed by atoms with Gasteiger partial charge in [-0.2, -0.15) is 0 Å². The normalized spacial score (nSPS) is 14.1. The molecule has 212 valence electrons. The molecule has 0 aromatic heterocycles. The van der Waals surface area contributed by atoms with Gasteiger partial charge in [0.2, 0.25) is 0 Å². The molecule has 0 saturated carbocycles. The molecule has 0 unspecified atom stereocenters. The van der Waals surface area contributed by atoms with Crippen molar-refractivity contribution in [1.29, 1.82) is 0 Å². The molecule has 1 heterocycles. The Bertz CT molecular complexity index is 1510. The fourth-order valence-electron chi connectivity index (χ4n) is 3.86. The average molecular weight is 690 g/mol. The highest BCUT2D eigenvalue weighted by atomic mass is 127. The van der Waals surface area contributed by atoms with E-state index < -0.39 is 17.8 Å². The van der Waals surface area contributed by atoms with Crippen molar-refractivity contribution in [2.75, 3.05) is 30.0 Å². The van der Waals surface area contributed by atoms with Crippen LogP contribution in [0.25, 0.3) is 6.08 Å². The number of carbonyl (C=O) groups excluding carboxylic acids is 4. The van der Waals surface area contributed by atoms with Crippen LogP contribution in [-0.4, -0.2) is 43.6 Å². The molecule has 10 nitrogen and oxygen atoms in total. The summed E-state index contributed by atoms with van der Waals surface area (Å²) in [7, 11) is 0. The van der Waals surface area contributed by atoms with Gasteiger partial charge in [0.25, 0.3) is 17.7 Å². The molecule has 0 bridgehead atoms. The van der Waals surface area contributed by atoms with Crippen molar-refractivity contribution < 1.29 is 33.4 Å². The van der Waals surface area contributed by atoms with E-state index >= 15 is 0 Å².